The molecule has 0 aliphatic heterocycles. The van der Waals surface area contributed by atoms with Gasteiger partial charge in [0.05, 0.1) is 6.20 Å². The van der Waals surface area contributed by atoms with Crippen LogP contribution in [0.4, 0.5) is 0 Å². The summed E-state index contributed by atoms with van der Waals surface area (Å²) in [6.07, 6.45) is 5.22. The Kier molecular flexibility index (Phi) is 4.68. The Hall–Kier alpha value is -1.69. The highest BCUT2D eigenvalue weighted by Gasteiger charge is 2.06. The molecule has 5 nitrogen and oxygen atoms in total. The van der Waals surface area contributed by atoms with Gasteiger partial charge in [-0.3, -0.25) is 9.89 Å². The number of nitrogens with one attached hydrogen (secondary N) is 2. The Morgan fingerprint density at radius 2 is 2.26 bits per heavy atom. The Labute approximate surface area is 120 Å². The van der Waals surface area contributed by atoms with Crippen molar-refractivity contribution in [3.63, 3.8) is 0 Å². The molecule has 0 spiro atoms. The summed E-state index contributed by atoms with van der Waals surface area (Å²) in [6, 6.07) is 3.50. The van der Waals surface area contributed by atoms with E-state index in [9.17, 15) is 4.79 Å². The average molecular weight is 323 g/mol. The number of H-pyrrole nitrogens is 1. The average Bonchev–Trinajstić information content (AvgIpc) is 2.81. The molecule has 2 aromatic rings. The number of aromatic nitrogens is 3. The maximum Gasteiger partial charge on any atom is 0.269 e. The van der Waals surface area contributed by atoms with E-state index in [1.54, 1.807) is 18.3 Å². The van der Waals surface area contributed by atoms with Crippen LogP contribution in [-0.4, -0.2) is 27.6 Å². The van der Waals surface area contributed by atoms with E-state index in [-0.39, 0.29) is 5.91 Å². The van der Waals surface area contributed by atoms with Crippen molar-refractivity contribution in [2.24, 2.45) is 0 Å². The molecule has 0 unspecified atom stereocenters. The third kappa shape index (κ3) is 3.89. The topological polar surface area (TPSA) is 70.7 Å². The first-order valence-electron chi connectivity index (χ1n) is 6.05. The molecule has 0 aliphatic carbocycles. The van der Waals surface area contributed by atoms with Crippen LogP contribution in [0, 0.1) is 6.92 Å². The van der Waals surface area contributed by atoms with Gasteiger partial charge in [0.15, 0.2) is 0 Å². The third-order valence-electron chi connectivity index (χ3n) is 2.80. The lowest BCUT2D eigenvalue weighted by Gasteiger charge is -2.04. The predicted molar refractivity (Wildman–Crippen MR) is 75.9 cm³/mol. The van der Waals surface area contributed by atoms with Crippen molar-refractivity contribution in [3.8, 4) is 0 Å². The molecule has 2 heterocycles. The first-order chi connectivity index (χ1) is 9.16. The van der Waals surface area contributed by atoms with Crippen molar-refractivity contribution >= 4 is 21.8 Å². The van der Waals surface area contributed by atoms with Crippen LogP contribution in [0.1, 0.15) is 28.2 Å². The second-order valence-electron chi connectivity index (χ2n) is 4.24. The fourth-order valence-corrected chi connectivity index (χ4v) is 1.94. The predicted octanol–water partition coefficient (Wildman–Crippen LogP) is 2.24. The number of rotatable bonds is 5. The van der Waals surface area contributed by atoms with Gasteiger partial charge in [-0.15, -0.1) is 0 Å². The molecule has 0 bridgehead atoms. The zero-order valence-electron chi connectivity index (χ0n) is 10.6. The molecule has 0 atom stereocenters. The zero-order chi connectivity index (χ0) is 13.7. The van der Waals surface area contributed by atoms with Gasteiger partial charge in [0.2, 0.25) is 0 Å². The fraction of sp³-hybridized carbons (Fsp3) is 0.308. The number of hydrogen-bond acceptors (Lipinski definition) is 3. The molecule has 0 radical (unpaired) electrons. The van der Waals surface area contributed by atoms with Gasteiger partial charge in [-0.1, -0.05) is 0 Å². The summed E-state index contributed by atoms with van der Waals surface area (Å²) in [6.45, 7) is 2.62. The molecule has 2 rings (SSSR count). The second-order valence-corrected chi connectivity index (χ2v) is 5.16. The van der Waals surface area contributed by atoms with Gasteiger partial charge in [-0.05, 0) is 53.4 Å². The van der Waals surface area contributed by atoms with Crippen LogP contribution in [-0.2, 0) is 6.42 Å². The highest BCUT2D eigenvalue weighted by molar-refractivity contribution is 9.10. The normalized spacial score (nSPS) is 10.4. The summed E-state index contributed by atoms with van der Waals surface area (Å²) in [5.41, 5.74) is 2.71. The van der Waals surface area contributed by atoms with Gasteiger partial charge in [-0.25, -0.2) is 4.98 Å². The summed E-state index contributed by atoms with van der Waals surface area (Å²) < 4.78 is 0.861. The summed E-state index contributed by atoms with van der Waals surface area (Å²) >= 11 is 3.28. The molecule has 2 aromatic heterocycles. The second kappa shape index (κ2) is 6.47. The number of pyridine rings is 1. The summed E-state index contributed by atoms with van der Waals surface area (Å²) in [4.78, 5) is 15.8. The number of carbonyl (C=O) groups is 1. The largest absolute Gasteiger partial charge is 0.351 e. The quantitative estimate of drug-likeness (QED) is 0.829. The molecule has 0 aromatic carbocycles. The van der Waals surface area contributed by atoms with Crippen molar-refractivity contribution in [1.29, 1.82) is 0 Å². The molecular formula is C13H15BrN4O. The minimum Gasteiger partial charge on any atom is -0.351 e. The lowest BCUT2D eigenvalue weighted by Crippen LogP contribution is -2.25. The number of halogens is 1. The number of carbonyl (C=O) groups excluding carboxylic acids is 1. The van der Waals surface area contributed by atoms with E-state index in [0.29, 0.717) is 12.2 Å². The highest BCUT2D eigenvalue weighted by Crippen LogP contribution is 2.07. The van der Waals surface area contributed by atoms with Gasteiger partial charge >= 0.3 is 0 Å². The number of amides is 1. The van der Waals surface area contributed by atoms with Gasteiger partial charge < -0.3 is 5.32 Å². The lowest BCUT2D eigenvalue weighted by molar-refractivity contribution is 0.0948. The first-order valence-corrected chi connectivity index (χ1v) is 6.84. The van der Waals surface area contributed by atoms with Crippen molar-refractivity contribution in [1.82, 2.24) is 20.5 Å². The van der Waals surface area contributed by atoms with Crippen LogP contribution in [0.3, 0.4) is 0 Å². The molecule has 2 N–H and O–H groups in total. The summed E-state index contributed by atoms with van der Waals surface area (Å²) in [5, 5.41) is 9.72. The fourth-order valence-electron chi connectivity index (χ4n) is 1.71. The molecule has 19 heavy (non-hydrogen) atoms. The van der Waals surface area contributed by atoms with Crippen molar-refractivity contribution in [3.05, 3.63) is 46.0 Å². The van der Waals surface area contributed by atoms with Crippen molar-refractivity contribution in [2.45, 2.75) is 19.8 Å². The minimum absolute atomic E-state index is 0.142. The molecule has 0 fully saturated rings. The Morgan fingerprint density at radius 3 is 2.89 bits per heavy atom. The SMILES string of the molecule is Cc1[nH]ncc1CCCNC(=O)c1ccc(Br)cn1. The van der Waals surface area contributed by atoms with Gasteiger partial charge in [0, 0.05) is 22.9 Å². The van der Waals surface area contributed by atoms with E-state index in [1.165, 1.54) is 5.56 Å². The Morgan fingerprint density at radius 1 is 1.42 bits per heavy atom. The third-order valence-corrected chi connectivity index (χ3v) is 3.27. The smallest absolute Gasteiger partial charge is 0.269 e. The Bertz CT molecular complexity index is 550. The van der Waals surface area contributed by atoms with Crippen LogP contribution in [0.25, 0.3) is 0 Å². The van der Waals surface area contributed by atoms with E-state index in [1.807, 2.05) is 13.1 Å². The molecule has 0 saturated carbocycles. The summed E-state index contributed by atoms with van der Waals surface area (Å²) in [7, 11) is 0. The maximum atomic E-state index is 11.8. The van der Waals surface area contributed by atoms with E-state index < -0.39 is 0 Å². The number of aryl methyl sites for hydroxylation is 2. The molecule has 0 saturated heterocycles. The van der Waals surface area contributed by atoms with Crippen LogP contribution in [0.15, 0.2) is 29.0 Å². The van der Waals surface area contributed by atoms with Crippen molar-refractivity contribution < 1.29 is 4.79 Å². The van der Waals surface area contributed by atoms with E-state index >= 15 is 0 Å². The minimum atomic E-state index is -0.142. The van der Waals surface area contributed by atoms with E-state index in [4.69, 9.17) is 0 Å². The van der Waals surface area contributed by atoms with Crippen molar-refractivity contribution in [2.75, 3.05) is 6.54 Å². The van der Waals surface area contributed by atoms with Gasteiger partial charge in [0.25, 0.3) is 5.91 Å². The number of nitrogens with zero attached hydrogens (tertiary/aromatic N) is 2. The van der Waals surface area contributed by atoms with Crippen LogP contribution >= 0.6 is 15.9 Å². The van der Waals surface area contributed by atoms with Gasteiger partial charge in [0.1, 0.15) is 5.69 Å². The van der Waals surface area contributed by atoms with Crippen LogP contribution < -0.4 is 5.32 Å². The standard InChI is InChI=1S/C13H15BrN4O/c1-9-10(7-17-18-9)3-2-6-15-13(19)12-5-4-11(14)8-16-12/h4-5,7-8H,2-3,6H2,1H3,(H,15,19)(H,17,18). The number of hydrogen-bond donors (Lipinski definition) is 2. The highest BCUT2D eigenvalue weighted by atomic mass is 79.9. The first kappa shape index (κ1) is 13.7. The van der Waals surface area contributed by atoms with E-state index in [2.05, 4.69) is 36.4 Å². The zero-order valence-corrected chi connectivity index (χ0v) is 12.2. The molecule has 0 aliphatic rings. The summed E-state index contributed by atoms with van der Waals surface area (Å²) in [5.74, 6) is -0.142. The van der Waals surface area contributed by atoms with Gasteiger partial charge in [-0.2, -0.15) is 5.10 Å². The van der Waals surface area contributed by atoms with E-state index in [0.717, 1.165) is 23.0 Å². The Balaban J connectivity index is 1.75. The number of aromatic amines is 1. The molecular weight excluding hydrogens is 308 g/mol. The molecule has 100 valence electrons. The molecule has 1 amide bonds. The molecule has 6 heteroatoms. The monoisotopic (exact) mass is 322 g/mol. The lowest BCUT2D eigenvalue weighted by atomic mass is 10.1. The van der Waals surface area contributed by atoms with Crippen LogP contribution in [0.5, 0.6) is 0 Å². The maximum absolute atomic E-state index is 11.8. The van der Waals surface area contributed by atoms with Crippen LogP contribution in [0.2, 0.25) is 0 Å².